The lowest BCUT2D eigenvalue weighted by Crippen LogP contribution is -2.42. The van der Waals surface area contributed by atoms with Crippen molar-refractivity contribution in [3.8, 4) is 17.6 Å². The molecular formula is C23H22N5O3+. The van der Waals surface area contributed by atoms with Crippen molar-refractivity contribution in [2.45, 2.75) is 19.9 Å². The van der Waals surface area contributed by atoms with Gasteiger partial charge in [0, 0.05) is 18.2 Å². The number of aromatic nitrogens is 3. The lowest BCUT2D eigenvalue weighted by molar-refractivity contribution is -0.658. The predicted molar refractivity (Wildman–Crippen MR) is 116 cm³/mol. The zero-order valence-electron chi connectivity index (χ0n) is 17.5. The molecule has 4 aromatic rings. The number of rotatable bonds is 5. The van der Waals surface area contributed by atoms with Crippen molar-refractivity contribution in [1.82, 2.24) is 9.38 Å². The monoisotopic (exact) mass is 416 g/mol. The first kappa shape index (κ1) is 20.2. The molecule has 0 aliphatic heterocycles. The zero-order valence-corrected chi connectivity index (χ0v) is 17.5. The van der Waals surface area contributed by atoms with Gasteiger partial charge in [0.1, 0.15) is 17.0 Å². The molecule has 31 heavy (non-hydrogen) atoms. The number of benzene rings is 1. The highest BCUT2D eigenvalue weighted by Gasteiger charge is 2.21. The van der Waals surface area contributed by atoms with E-state index in [0.717, 1.165) is 11.1 Å². The van der Waals surface area contributed by atoms with Crippen molar-refractivity contribution >= 4 is 22.5 Å². The largest absolute Gasteiger partial charge is 0.493 e. The van der Waals surface area contributed by atoms with E-state index in [0.29, 0.717) is 41.1 Å². The van der Waals surface area contributed by atoms with E-state index in [9.17, 15) is 10.1 Å². The van der Waals surface area contributed by atoms with Gasteiger partial charge in [-0.05, 0) is 36.8 Å². The number of anilines is 1. The van der Waals surface area contributed by atoms with Crippen LogP contribution >= 0.6 is 0 Å². The molecule has 3 aromatic heterocycles. The molecule has 0 saturated carbocycles. The molecule has 0 bridgehead atoms. The number of fused-ring (bicyclic) bond motifs is 2. The fraction of sp³-hybridized carbons (Fsp3) is 0.217. The molecule has 8 nitrogen and oxygen atoms in total. The first-order chi connectivity index (χ1) is 15.0. The first-order valence-electron chi connectivity index (χ1n) is 9.73. The maximum atomic E-state index is 13.1. The average molecular weight is 416 g/mol. The highest BCUT2D eigenvalue weighted by molar-refractivity contribution is 5.77. The van der Waals surface area contributed by atoms with Gasteiger partial charge in [0.25, 0.3) is 11.2 Å². The highest BCUT2D eigenvalue weighted by Crippen LogP contribution is 2.27. The Balaban J connectivity index is 1.87. The molecule has 1 aromatic carbocycles. The van der Waals surface area contributed by atoms with Crippen LogP contribution in [0, 0.1) is 18.3 Å². The third kappa shape index (κ3) is 3.40. The number of hydrogen-bond donors (Lipinski definition) is 1. The van der Waals surface area contributed by atoms with Gasteiger partial charge in [-0.2, -0.15) is 5.26 Å². The number of hydrogen-bond acceptors (Lipinski definition) is 6. The fourth-order valence-corrected chi connectivity index (χ4v) is 3.70. The summed E-state index contributed by atoms with van der Waals surface area (Å²) in [5.74, 6) is 1.55. The summed E-state index contributed by atoms with van der Waals surface area (Å²) in [5, 5.41) is 9.91. The van der Waals surface area contributed by atoms with E-state index in [1.165, 1.54) is 10.5 Å². The summed E-state index contributed by atoms with van der Waals surface area (Å²) >= 11 is 0. The van der Waals surface area contributed by atoms with Crippen LogP contribution in [0.4, 0.5) is 5.82 Å². The van der Waals surface area contributed by atoms with Crippen LogP contribution in [-0.2, 0) is 13.0 Å². The number of nitrogen functional groups attached to an aromatic ring is 1. The number of ether oxygens (including phenoxy) is 2. The van der Waals surface area contributed by atoms with E-state index < -0.39 is 0 Å². The number of methoxy groups -OCH3 is 2. The third-order valence-corrected chi connectivity index (χ3v) is 5.37. The average Bonchev–Trinajstić information content (AvgIpc) is 2.79. The van der Waals surface area contributed by atoms with E-state index in [1.54, 1.807) is 31.0 Å². The minimum atomic E-state index is -0.236. The van der Waals surface area contributed by atoms with Crippen molar-refractivity contribution in [2.24, 2.45) is 0 Å². The molecule has 3 heterocycles. The molecule has 0 spiro atoms. The SMILES string of the molecule is COc1ccc(CC[n+]2c(N)c(C#N)cc3c(=O)n4cccc(C)c4nc32)cc1OC. The van der Waals surface area contributed by atoms with E-state index >= 15 is 0 Å². The lowest BCUT2D eigenvalue weighted by Gasteiger charge is -2.12. The summed E-state index contributed by atoms with van der Waals surface area (Å²) in [5.41, 5.74) is 9.19. The molecule has 0 atom stereocenters. The van der Waals surface area contributed by atoms with E-state index in [2.05, 4.69) is 6.07 Å². The summed E-state index contributed by atoms with van der Waals surface area (Å²) in [6.07, 6.45) is 2.27. The molecule has 0 amide bonds. The van der Waals surface area contributed by atoms with Crippen LogP contribution in [0.3, 0.4) is 0 Å². The second-order valence-corrected chi connectivity index (χ2v) is 7.19. The highest BCUT2D eigenvalue weighted by atomic mass is 16.5. The van der Waals surface area contributed by atoms with Crippen LogP contribution in [0.5, 0.6) is 11.5 Å². The molecule has 0 fully saturated rings. The van der Waals surface area contributed by atoms with E-state index in [-0.39, 0.29) is 16.9 Å². The van der Waals surface area contributed by atoms with Crippen molar-refractivity contribution in [2.75, 3.05) is 20.0 Å². The Morgan fingerprint density at radius 1 is 1.19 bits per heavy atom. The van der Waals surface area contributed by atoms with Gasteiger partial charge in [-0.3, -0.25) is 9.20 Å². The molecule has 0 radical (unpaired) electrons. The number of aryl methyl sites for hydroxylation is 3. The van der Waals surface area contributed by atoms with Gasteiger partial charge >= 0.3 is 0 Å². The van der Waals surface area contributed by atoms with Crippen LogP contribution in [0.15, 0.2) is 47.4 Å². The maximum Gasteiger partial charge on any atom is 0.278 e. The molecular weight excluding hydrogens is 394 g/mol. The number of nitrogens with two attached hydrogens (primary N) is 1. The molecule has 156 valence electrons. The van der Waals surface area contributed by atoms with Crippen LogP contribution in [-0.4, -0.2) is 23.6 Å². The Morgan fingerprint density at radius 3 is 2.68 bits per heavy atom. The van der Waals surface area contributed by atoms with E-state index in [1.807, 2.05) is 31.2 Å². The summed E-state index contributed by atoms with van der Waals surface area (Å²) in [6, 6.07) is 13.0. The summed E-state index contributed by atoms with van der Waals surface area (Å²) in [4.78, 5) is 17.9. The fourth-order valence-electron chi connectivity index (χ4n) is 3.70. The van der Waals surface area contributed by atoms with Gasteiger partial charge in [-0.15, -0.1) is 0 Å². The van der Waals surface area contributed by atoms with Gasteiger partial charge in [-0.1, -0.05) is 17.1 Å². The molecule has 4 rings (SSSR count). The molecule has 8 heteroatoms. The second kappa shape index (κ2) is 7.95. The molecule has 2 N–H and O–H groups in total. The molecule has 0 unspecified atom stereocenters. The van der Waals surface area contributed by atoms with Crippen molar-refractivity contribution in [1.29, 1.82) is 5.26 Å². The van der Waals surface area contributed by atoms with Gasteiger partial charge in [0.15, 0.2) is 11.5 Å². The number of pyridine rings is 2. The van der Waals surface area contributed by atoms with Crippen LogP contribution in [0.25, 0.3) is 16.7 Å². The third-order valence-electron chi connectivity index (χ3n) is 5.37. The van der Waals surface area contributed by atoms with Crippen molar-refractivity contribution in [3.63, 3.8) is 0 Å². The van der Waals surface area contributed by atoms with Crippen LogP contribution in [0.2, 0.25) is 0 Å². The quantitative estimate of drug-likeness (QED) is 0.395. The van der Waals surface area contributed by atoms with Gasteiger partial charge < -0.3 is 15.2 Å². The molecule has 0 aliphatic rings. The zero-order chi connectivity index (χ0) is 22.1. The van der Waals surface area contributed by atoms with Gasteiger partial charge in [-0.25, -0.2) is 4.57 Å². The Labute approximate surface area is 178 Å². The second-order valence-electron chi connectivity index (χ2n) is 7.19. The maximum absolute atomic E-state index is 13.1. The number of nitrogens with zero attached hydrogens (tertiary/aromatic N) is 4. The Bertz CT molecular complexity index is 1420. The Kier molecular flexibility index (Phi) is 5.17. The van der Waals surface area contributed by atoms with Crippen molar-refractivity contribution < 1.29 is 14.0 Å². The van der Waals surface area contributed by atoms with Crippen LogP contribution in [0.1, 0.15) is 16.7 Å². The number of nitriles is 1. The minimum Gasteiger partial charge on any atom is -0.493 e. The lowest BCUT2D eigenvalue weighted by atomic mass is 10.1. The standard InChI is InChI=1S/C23H21N5O3/c1-14-5-4-9-28-21(14)26-22-17(23(28)29)12-16(13-24)20(25)27(22)10-8-15-6-7-18(30-2)19(11-15)31-3/h4-7,9,11-12,25H,8,10H2,1-3H3/p+1. The summed E-state index contributed by atoms with van der Waals surface area (Å²) < 4.78 is 13.9. The molecule has 0 saturated heterocycles. The van der Waals surface area contributed by atoms with Gasteiger partial charge in [0.2, 0.25) is 11.5 Å². The summed E-state index contributed by atoms with van der Waals surface area (Å²) in [7, 11) is 3.17. The van der Waals surface area contributed by atoms with Crippen LogP contribution < -0.4 is 25.3 Å². The molecule has 0 aliphatic carbocycles. The topological polar surface area (TPSA) is 107 Å². The Morgan fingerprint density at radius 2 is 1.97 bits per heavy atom. The van der Waals surface area contributed by atoms with Gasteiger partial charge in [0.05, 0.1) is 20.8 Å². The Hall–Kier alpha value is -4.12. The smallest absolute Gasteiger partial charge is 0.278 e. The normalized spacial score (nSPS) is 10.9. The van der Waals surface area contributed by atoms with E-state index in [4.69, 9.17) is 20.2 Å². The minimum absolute atomic E-state index is 0.236. The summed E-state index contributed by atoms with van der Waals surface area (Å²) in [6.45, 7) is 2.33. The predicted octanol–water partition coefficient (Wildman–Crippen LogP) is 2.16. The van der Waals surface area contributed by atoms with Crippen molar-refractivity contribution in [3.05, 3.63) is 69.6 Å². The first-order valence-corrected chi connectivity index (χ1v) is 9.73.